The Morgan fingerprint density at radius 2 is 2.10 bits per heavy atom. The third-order valence-corrected chi connectivity index (χ3v) is 4.03. The van der Waals surface area contributed by atoms with Crippen LogP contribution >= 0.6 is 27.5 Å². The van der Waals surface area contributed by atoms with E-state index in [1.165, 1.54) is 0 Å². The van der Waals surface area contributed by atoms with Crippen molar-refractivity contribution in [2.75, 3.05) is 12.4 Å². The van der Waals surface area contributed by atoms with E-state index in [0.717, 1.165) is 15.7 Å². The first-order valence-corrected chi connectivity index (χ1v) is 7.07. The van der Waals surface area contributed by atoms with Crippen molar-refractivity contribution in [2.45, 2.75) is 6.54 Å². The Morgan fingerprint density at radius 1 is 1.30 bits per heavy atom. The number of methoxy groups -OCH3 is 1. The van der Waals surface area contributed by atoms with Gasteiger partial charge in [-0.25, -0.2) is 0 Å². The van der Waals surface area contributed by atoms with Gasteiger partial charge in [0.15, 0.2) is 0 Å². The van der Waals surface area contributed by atoms with E-state index in [2.05, 4.69) is 27.3 Å². The van der Waals surface area contributed by atoms with Crippen LogP contribution < -0.4 is 10.1 Å². The molecule has 0 radical (unpaired) electrons. The molecule has 2 aromatic rings. The molecule has 0 unspecified atom stereocenters. The Morgan fingerprint density at radius 3 is 2.75 bits per heavy atom. The van der Waals surface area contributed by atoms with Crippen LogP contribution in [0.2, 0.25) is 5.02 Å². The molecular weight excluding hydrogens is 340 g/mol. The minimum Gasteiger partial charge on any atom is -0.495 e. The largest absolute Gasteiger partial charge is 0.495 e. The van der Waals surface area contributed by atoms with E-state index in [-0.39, 0.29) is 0 Å². The van der Waals surface area contributed by atoms with Crippen molar-refractivity contribution < 1.29 is 4.74 Å². The highest BCUT2D eigenvalue weighted by Gasteiger charge is 2.05. The Bertz CT molecular complexity index is 667. The average molecular weight is 352 g/mol. The zero-order chi connectivity index (χ0) is 14.5. The van der Waals surface area contributed by atoms with E-state index < -0.39 is 0 Å². The second kappa shape index (κ2) is 6.65. The van der Waals surface area contributed by atoms with Gasteiger partial charge in [-0.15, -0.1) is 0 Å². The minimum atomic E-state index is 0.569. The van der Waals surface area contributed by atoms with E-state index in [4.69, 9.17) is 21.6 Å². The molecular formula is C15H12BrClN2O. The highest BCUT2D eigenvalue weighted by Crippen LogP contribution is 2.27. The molecule has 2 rings (SSSR count). The van der Waals surface area contributed by atoms with Crippen molar-refractivity contribution in [2.24, 2.45) is 0 Å². The third-order valence-electron chi connectivity index (χ3n) is 2.80. The predicted molar refractivity (Wildman–Crippen MR) is 84.2 cm³/mol. The maximum Gasteiger partial charge on any atom is 0.143 e. The van der Waals surface area contributed by atoms with Gasteiger partial charge in [-0.2, -0.15) is 5.26 Å². The fraction of sp³-hybridized carbons (Fsp3) is 0.133. The summed E-state index contributed by atoms with van der Waals surface area (Å²) in [7, 11) is 1.58. The molecule has 3 nitrogen and oxygen atoms in total. The van der Waals surface area contributed by atoms with Crippen LogP contribution in [0, 0.1) is 11.3 Å². The standard InChI is InChI=1S/C15H12BrClN2O/c1-20-15-7-10(8-18)3-5-14(15)19-9-11-2-4-12(16)13(17)6-11/h2-7,19H,9H2,1H3. The number of nitrogens with one attached hydrogen (secondary N) is 1. The lowest BCUT2D eigenvalue weighted by Crippen LogP contribution is -2.01. The van der Waals surface area contributed by atoms with E-state index in [0.29, 0.717) is 22.9 Å². The van der Waals surface area contributed by atoms with Crippen LogP contribution in [0.5, 0.6) is 5.75 Å². The van der Waals surface area contributed by atoms with E-state index in [1.54, 1.807) is 19.2 Å². The third kappa shape index (κ3) is 3.44. The molecule has 0 heterocycles. The Hall–Kier alpha value is -1.70. The van der Waals surface area contributed by atoms with Crippen LogP contribution in [0.4, 0.5) is 5.69 Å². The van der Waals surface area contributed by atoms with Crippen LogP contribution in [0.1, 0.15) is 11.1 Å². The first kappa shape index (κ1) is 14.7. The normalized spacial score (nSPS) is 9.90. The van der Waals surface area contributed by atoms with Gasteiger partial charge in [-0.3, -0.25) is 0 Å². The molecule has 0 aliphatic heterocycles. The van der Waals surface area contributed by atoms with Crippen molar-refractivity contribution >= 4 is 33.2 Å². The van der Waals surface area contributed by atoms with Gasteiger partial charge in [0.2, 0.25) is 0 Å². The zero-order valence-corrected chi connectivity index (χ0v) is 13.1. The minimum absolute atomic E-state index is 0.569. The van der Waals surface area contributed by atoms with Crippen molar-refractivity contribution in [1.82, 2.24) is 0 Å². The Labute approximate surface area is 131 Å². The molecule has 20 heavy (non-hydrogen) atoms. The summed E-state index contributed by atoms with van der Waals surface area (Å²) >= 11 is 9.42. The molecule has 0 aromatic heterocycles. The summed E-state index contributed by atoms with van der Waals surface area (Å²) in [5, 5.41) is 12.8. The van der Waals surface area contributed by atoms with Gasteiger partial charge in [-0.05, 0) is 45.8 Å². The zero-order valence-electron chi connectivity index (χ0n) is 10.8. The van der Waals surface area contributed by atoms with E-state index >= 15 is 0 Å². The molecule has 0 aliphatic carbocycles. The SMILES string of the molecule is COc1cc(C#N)ccc1NCc1ccc(Br)c(Cl)c1. The quantitative estimate of drug-likeness (QED) is 0.876. The molecule has 0 atom stereocenters. The van der Waals surface area contributed by atoms with Crippen molar-refractivity contribution in [1.29, 1.82) is 5.26 Å². The lowest BCUT2D eigenvalue weighted by Gasteiger charge is -2.12. The van der Waals surface area contributed by atoms with Crippen LogP contribution in [0.3, 0.4) is 0 Å². The van der Waals surface area contributed by atoms with E-state index in [1.807, 2.05) is 24.3 Å². The molecule has 0 amide bonds. The Balaban J connectivity index is 2.14. The smallest absolute Gasteiger partial charge is 0.143 e. The van der Waals surface area contributed by atoms with Crippen molar-refractivity contribution in [3.8, 4) is 11.8 Å². The molecule has 2 aromatic carbocycles. The Kier molecular flexibility index (Phi) is 4.89. The summed E-state index contributed by atoms with van der Waals surface area (Å²) in [5.41, 5.74) is 2.47. The molecule has 0 spiro atoms. The first-order chi connectivity index (χ1) is 9.63. The second-order valence-corrected chi connectivity index (χ2v) is 5.39. The summed E-state index contributed by atoms with van der Waals surface area (Å²) in [5.74, 6) is 0.646. The lowest BCUT2D eigenvalue weighted by molar-refractivity contribution is 0.416. The molecule has 5 heteroatoms. The van der Waals surface area contributed by atoms with Crippen molar-refractivity contribution in [3.63, 3.8) is 0 Å². The summed E-state index contributed by atoms with van der Waals surface area (Å²) in [6.07, 6.45) is 0. The summed E-state index contributed by atoms with van der Waals surface area (Å²) in [6.45, 7) is 0.620. The molecule has 0 fully saturated rings. The number of nitriles is 1. The number of nitrogens with zero attached hydrogens (tertiary/aromatic N) is 1. The van der Waals surface area contributed by atoms with Gasteiger partial charge in [0.05, 0.1) is 29.5 Å². The fourth-order valence-electron chi connectivity index (χ4n) is 1.75. The molecule has 0 saturated heterocycles. The lowest BCUT2D eigenvalue weighted by atomic mass is 10.2. The van der Waals surface area contributed by atoms with Gasteiger partial charge in [0.25, 0.3) is 0 Å². The number of hydrogen-bond acceptors (Lipinski definition) is 3. The highest BCUT2D eigenvalue weighted by molar-refractivity contribution is 9.10. The topological polar surface area (TPSA) is 45.0 Å². The number of anilines is 1. The number of halogens is 2. The maximum absolute atomic E-state index is 8.87. The van der Waals surface area contributed by atoms with Gasteiger partial charge < -0.3 is 10.1 Å². The number of benzene rings is 2. The number of rotatable bonds is 4. The summed E-state index contributed by atoms with van der Waals surface area (Å²) in [4.78, 5) is 0. The van der Waals surface area contributed by atoms with Crippen LogP contribution in [-0.4, -0.2) is 7.11 Å². The van der Waals surface area contributed by atoms with Gasteiger partial charge >= 0.3 is 0 Å². The van der Waals surface area contributed by atoms with Gasteiger partial charge in [0.1, 0.15) is 5.75 Å². The second-order valence-electron chi connectivity index (χ2n) is 4.13. The monoisotopic (exact) mass is 350 g/mol. The number of ether oxygens (including phenoxy) is 1. The maximum atomic E-state index is 8.87. The van der Waals surface area contributed by atoms with Crippen LogP contribution in [-0.2, 0) is 6.54 Å². The fourth-order valence-corrected chi connectivity index (χ4v) is 2.20. The van der Waals surface area contributed by atoms with Crippen molar-refractivity contribution in [3.05, 3.63) is 57.0 Å². The van der Waals surface area contributed by atoms with Crippen LogP contribution in [0.15, 0.2) is 40.9 Å². The highest BCUT2D eigenvalue weighted by atomic mass is 79.9. The van der Waals surface area contributed by atoms with E-state index in [9.17, 15) is 0 Å². The molecule has 0 bridgehead atoms. The first-order valence-electron chi connectivity index (χ1n) is 5.90. The summed E-state index contributed by atoms with van der Waals surface area (Å²) < 4.78 is 6.15. The molecule has 0 aliphatic rings. The van der Waals surface area contributed by atoms with Gasteiger partial charge in [-0.1, -0.05) is 17.7 Å². The number of hydrogen-bond donors (Lipinski definition) is 1. The average Bonchev–Trinajstić information content (AvgIpc) is 2.48. The molecule has 102 valence electrons. The van der Waals surface area contributed by atoms with Crippen LogP contribution in [0.25, 0.3) is 0 Å². The predicted octanol–water partition coefficient (Wildman–Crippen LogP) is 4.59. The summed E-state index contributed by atoms with van der Waals surface area (Å²) in [6, 6.07) is 13.2. The molecule has 1 N–H and O–H groups in total. The van der Waals surface area contributed by atoms with Gasteiger partial charge in [0, 0.05) is 17.1 Å². The molecule has 0 saturated carbocycles.